The molecule has 22 heavy (non-hydrogen) atoms. The van der Waals surface area contributed by atoms with Gasteiger partial charge in [0.2, 0.25) is 0 Å². The Balaban J connectivity index is 1.69. The zero-order valence-electron chi connectivity index (χ0n) is 14.1. The topological polar surface area (TPSA) is 29.5 Å². The average molecular weight is 300 g/mol. The predicted molar refractivity (Wildman–Crippen MR) is 88.2 cm³/mol. The van der Waals surface area contributed by atoms with E-state index < -0.39 is 5.60 Å². The summed E-state index contributed by atoms with van der Waals surface area (Å²) in [6.45, 7) is 4.43. The van der Waals surface area contributed by atoms with Gasteiger partial charge in [-0.15, -0.1) is 0 Å². The van der Waals surface area contributed by atoms with Gasteiger partial charge in [0.15, 0.2) is 0 Å². The van der Waals surface area contributed by atoms with Crippen molar-refractivity contribution in [3.63, 3.8) is 0 Å². The predicted octanol–water partition coefficient (Wildman–Crippen LogP) is 4.30. The van der Waals surface area contributed by atoms with E-state index in [9.17, 15) is 5.11 Å². The first-order chi connectivity index (χ1) is 10.5. The first kappa shape index (κ1) is 14.6. The lowest BCUT2D eigenvalue weighted by Gasteiger charge is -2.52. The molecule has 0 aliphatic heterocycles. The van der Waals surface area contributed by atoms with Crippen molar-refractivity contribution in [2.45, 2.75) is 63.9 Å². The largest absolute Gasteiger partial charge is 0.497 e. The van der Waals surface area contributed by atoms with Crippen LogP contribution in [-0.4, -0.2) is 17.8 Å². The first-order valence-electron chi connectivity index (χ1n) is 8.85. The van der Waals surface area contributed by atoms with E-state index in [1.54, 1.807) is 12.7 Å². The molecule has 120 valence electrons. The van der Waals surface area contributed by atoms with Gasteiger partial charge in [-0.1, -0.05) is 13.0 Å². The fraction of sp³-hybridized carbons (Fsp3) is 0.700. The Bertz CT molecular complexity index is 591. The molecule has 5 atom stereocenters. The summed E-state index contributed by atoms with van der Waals surface area (Å²) < 4.78 is 5.40. The number of hydrogen-bond donors (Lipinski definition) is 1. The molecule has 1 aromatic rings. The zero-order chi connectivity index (χ0) is 15.5. The molecule has 3 aliphatic rings. The fourth-order valence-electron chi connectivity index (χ4n) is 5.93. The van der Waals surface area contributed by atoms with Crippen LogP contribution in [0.15, 0.2) is 18.2 Å². The lowest BCUT2D eigenvalue weighted by molar-refractivity contribution is -0.0901. The number of hydrogen-bond acceptors (Lipinski definition) is 2. The summed E-state index contributed by atoms with van der Waals surface area (Å²) in [5.41, 5.74) is 2.71. The molecule has 4 rings (SSSR count). The van der Waals surface area contributed by atoms with Gasteiger partial charge < -0.3 is 9.84 Å². The van der Waals surface area contributed by atoms with Crippen molar-refractivity contribution in [1.29, 1.82) is 0 Å². The van der Waals surface area contributed by atoms with Crippen molar-refractivity contribution in [2.75, 3.05) is 7.11 Å². The second-order valence-electron chi connectivity index (χ2n) is 8.25. The van der Waals surface area contributed by atoms with Crippen molar-refractivity contribution < 1.29 is 9.84 Å². The minimum absolute atomic E-state index is 0.123. The monoisotopic (exact) mass is 300 g/mol. The minimum Gasteiger partial charge on any atom is -0.497 e. The van der Waals surface area contributed by atoms with Crippen molar-refractivity contribution in [2.24, 2.45) is 17.3 Å². The third kappa shape index (κ3) is 1.83. The summed E-state index contributed by atoms with van der Waals surface area (Å²) in [7, 11) is 1.75. The molecule has 3 aliphatic carbocycles. The van der Waals surface area contributed by atoms with Crippen LogP contribution in [0.25, 0.3) is 0 Å². The van der Waals surface area contributed by atoms with E-state index >= 15 is 0 Å². The van der Waals surface area contributed by atoms with Crippen molar-refractivity contribution in [3.05, 3.63) is 29.3 Å². The molecule has 0 bridgehead atoms. The van der Waals surface area contributed by atoms with Gasteiger partial charge >= 0.3 is 0 Å². The van der Waals surface area contributed by atoms with Gasteiger partial charge in [0, 0.05) is 0 Å². The van der Waals surface area contributed by atoms with Gasteiger partial charge in [0.05, 0.1) is 12.7 Å². The number of aryl methyl sites for hydroxylation is 1. The van der Waals surface area contributed by atoms with E-state index in [4.69, 9.17) is 4.74 Å². The quantitative estimate of drug-likeness (QED) is 0.838. The van der Waals surface area contributed by atoms with E-state index in [-0.39, 0.29) is 5.41 Å². The number of aliphatic hydroxyl groups is 1. The van der Waals surface area contributed by atoms with E-state index in [1.165, 1.54) is 31.2 Å². The van der Waals surface area contributed by atoms with Gasteiger partial charge in [-0.2, -0.15) is 0 Å². The van der Waals surface area contributed by atoms with Gasteiger partial charge in [0.1, 0.15) is 5.75 Å². The Morgan fingerprint density at radius 3 is 2.73 bits per heavy atom. The molecule has 0 amide bonds. The highest BCUT2D eigenvalue weighted by Crippen LogP contribution is 2.64. The van der Waals surface area contributed by atoms with Crippen molar-refractivity contribution in [3.8, 4) is 5.75 Å². The van der Waals surface area contributed by atoms with Crippen LogP contribution in [-0.2, 0) is 6.42 Å². The molecule has 0 unspecified atom stereocenters. The molecular weight excluding hydrogens is 272 g/mol. The summed E-state index contributed by atoms with van der Waals surface area (Å²) in [5, 5.41) is 10.9. The molecular formula is C20H28O2. The minimum atomic E-state index is -0.469. The highest BCUT2D eigenvalue weighted by atomic mass is 16.5. The van der Waals surface area contributed by atoms with Gasteiger partial charge in [-0.05, 0) is 91.9 Å². The lowest BCUT2D eigenvalue weighted by Crippen LogP contribution is -2.49. The maximum atomic E-state index is 10.9. The van der Waals surface area contributed by atoms with Crippen molar-refractivity contribution >= 4 is 0 Å². The Labute approximate surface area is 133 Å². The second-order valence-corrected chi connectivity index (χ2v) is 8.25. The average Bonchev–Trinajstić information content (AvgIpc) is 2.76. The Hall–Kier alpha value is -1.02. The number of ether oxygens (including phenoxy) is 1. The maximum Gasteiger partial charge on any atom is 0.119 e. The Morgan fingerprint density at radius 2 is 1.95 bits per heavy atom. The smallest absolute Gasteiger partial charge is 0.119 e. The Morgan fingerprint density at radius 1 is 1.14 bits per heavy atom. The summed E-state index contributed by atoms with van der Waals surface area (Å²) >= 11 is 0. The van der Waals surface area contributed by atoms with Crippen LogP contribution in [0.1, 0.15) is 63.0 Å². The highest BCUT2D eigenvalue weighted by molar-refractivity contribution is 5.40. The highest BCUT2D eigenvalue weighted by Gasteiger charge is 2.59. The molecule has 2 heteroatoms. The standard InChI is InChI=1S/C20H28O2/c1-19-10-8-16-15-7-5-14(22-3)12-13(15)4-6-17(16)18(19)9-11-20(19,2)21/h5,7,12,16-18,21H,4,6,8-11H2,1-3H3/t16-,17-,18-,19+,20+/m1/s1. The third-order valence-electron chi connectivity index (χ3n) is 7.50. The summed E-state index contributed by atoms with van der Waals surface area (Å²) in [4.78, 5) is 0. The summed E-state index contributed by atoms with van der Waals surface area (Å²) in [6, 6.07) is 6.67. The summed E-state index contributed by atoms with van der Waals surface area (Å²) in [6.07, 6.45) is 7.02. The van der Waals surface area contributed by atoms with Crippen LogP contribution in [0.2, 0.25) is 0 Å². The Kier molecular flexibility index (Phi) is 3.14. The zero-order valence-corrected chi connectivity index (χ0v) is 14.1. The molecule has 2 nitrogen and oxygen atoms in total. The van der Waals surface area contributed by atoms with Crippen LogP contribution >= 0.6 is 0 Å². The lowest BCUT2D eigenvalue weighted by atomic mass is 9.53. The molecule has 2 fully saturated rings. The van der Waals surface area contributed by atoms with Gasteiger partial charge in [-0.3, -0.25) is 0 Å². The third-order valence-corrected chi connectivity index (χ3v) is 7.50. The molecule has 0 heterocycles. The summed E-state index contributed by atoms with van der Waals surface area (Å²) in [5.74, 6) is 3.13. The molecule has 1 N–H and O–H groups in total. The molecule has 1 aromatic carbocycles. The number of methoxy groups -OCH3 is 1. The van der Waals surface area contributed by atoms with Crippen LogP contribution in [0.4, 0.5) is 0 Å². The molecule has 2 saturated carbocycles. The van der Waals surface area contributed by atoms with E-state index in [0.717, 1.165) is 24.5 Å². The van der Waals surface area contributed by atoms with Crippen LogP contribution in [0.5, 0.6) is 5.75 Å². The number of benzene rings is 1. The van der Waals surface area contributed by atoms with Crippen LogP contribution < -0.4 is 4.74 Å². The molecule has 0 radical (unpaired) electrons. The second kappa shape index (κ2) is 4.74. The van der Waals surface area contributed by atoms with Gasteiger partial charge in [-0.25, -0.2) is 0 Å². The molecule has 0 spiro atoms. The van der Waals surface area contributed by atoms with E-state index in [0.29, 0.717) is 11.8 Å². The van der Waals surface area contributed by atoms with Crippen molar-refractivity contribution in [1.82, 2.24) is 0 Å². The van der Waals surface area contributed by atoms with E-state index in [2.05, 4.69) is 32.0 Å². The number of rotatable bonds is 1. The SMILES string of the molecule is COc1ccc2c(c1)CC[C@@H]1[C@@H]2CC[C@@]2(C)[C@@H]1CC[C@]2(C)O. The fourth-order valence-corrected chi connectivity index (χ4v) is 5.93. The number of fused-ring (bicyclic) bond motifs is 5. The van der Waals surface area contributed by atoms with Crippen LogP contribution in [0, 0.1) is 17.3 Å². The van der Waals surface area contributed by atoms with E-state index in [1.807, 2.05) is 0 Å². The van der Waals surface area contributed by atoms with Gasteiger partial charge in [0.25, 0.3) is 0 Å². The normalized spacial score (nSPS) is 43.2. The molecule has 0 saturated heterocycles. The molecule has 0 aromatic heterocycles. The maximum absolute atomic E-state index is 10.9. The van der Waals surface area contributed by atoms with Crippen LogP contribution in [0.3, 0.4) is 0 Å². The first-order valence-corrected chi connectivity index (χ1v) is 8.85.